The van der Waals surface area contributed by atoms with Crippen LogP contribution in [0.1, 0.15) is 11.3 Å². The second-order valence-electron chi connectivity index (χ2n) is 4.94. The van der Waals surface area contributed by atoms with Gasteiger partial charge in [0.25, 0.3) is 10.0 Å². The molecule has 2 aromatic rings. The number of nitrogens with one attached hydrogen (secondary N) is 2. The normalized spacial score (nSPS) is 13.8. The van der Waals surface area contributed by atoms with Gasteiger partial charge in [0.1, 0.15) is 10.7 Å². The van der Waals surface area contributed by atoms with Crippen LogP contribution in [0.3, 0.4) is 0 Å². The first-order chi connectivity index (χ1) is 10.5. The first kappa shape index (κ1) is 18.1. The Labute approximate surface area is 148 Å². The van der Waals surface area contributed by atoms with Gasteiger partial charge in [0, 0.05) is 29.7 Å². The lowest BCUT2D eigenvalue weighted by molar-refractivity contribution is 0.594. The molecule has 5 nitrogen and oxygen atoms in total. The van der Waals surface area contributed by atoms with Crippen molar-refractivity contribution < 1.29 is 12.8 Å². The summed E-state index contributed by atoms with van der Waals surface area (Å²) in [6, 6.07) is 5.27. The van der Waals surface area contributed by atoms with Crippen LogP contribution in [0.25, 0.3) is 0 Å². The Morgan fingerprint density at radius 2 is 2.09 bits per heavy atom. The molecule has 2 heterocycles. The maximum absolute atomic E-state index is 13.3. The summed E-state index contributed by atoms with van der Waals surface area (Å²) in [6.07, 6.45) is 2.30. The van der Waals surface area contributed by atoms with E-state index in [1.165, 1.54) is 18.3 Å². The number of sulfonamides is 1. The fourth-order valence-corrected chi connectivity index (χ4v) is 4.31. The Morgan fingerprint density at radius 3 is 2.87 bits per heavy atom. The predicted molar refractivity (Wildman–Crippen MR) is 91.8 cm³/mol. The number of hydrogen-bond acceptors (Lipinski definition) is 4. The number of benzene rings is 1. The van der Waals surface area contributed by atoms with E-state index in [4.69, 9.17) is 0 Å². The highest BCUT2D eigenvalue weighted by atomic mass is 79.9. The quantitative estimate of drug-likeness (QED) is 0.798. The average Bonchev–Trinajstić information content (AvgIpc) is 2.49. The van der Waals surface area contributed by atoms with E-state index in [1.807, 2.05) is 0 Å². The molecular weight excluding hydrogens is 409 g/mol. The summed E-state index contributed by atoms with van der Waals surface area (Å²) in [4.78, 5) is 4.13. The van der Waals surface area contributed by atoms with Crippen LogP contribution in [0.15, 0.2) is 39.8 Å². The van der Waals surface area contributed by atoms with E-state index in [2.05, 4.69) is 31.0 Å². The highest BCUT2D eigenvalue weighted by Gasteiger charge is 2.20. The minimum absolute atomic E-state index is 0. The number of hydrogen-bond donors (Lipinski definition) is 2. The molecule has 0 fully saturated rings. The molecule has 0 atom stereocenters. The number of aromatic nitrogens is 1. The lowest BCUT2D eigenvalue weighted by atomic mass is 10.1. The zero-order chi connectivity index (χ0) is 15.7. The van der Waals surface area contributed by atoms with Crippen molar-refractivity contribution in [2.45, 2.75) is 17.9 Å². The molecule has 2 N–H and O–H groups in total. The van der Waals surface area contributed by atoms with Crippen molar-refractivity contribution in [1.82, 2.24) is 10.3 Å². The maximum atomic E-state index is 13.3. The maximum Gasteiger partial charge on any atom is 0.263 e. The lowest BCUT2D eigenvalue weighted by Gasteiger charge is -2.17. The fourth-order valence-electron chi connectivity index (χ4n) is 2.30. The van der Waals surface area contributed by atoms with Crippen LogP contribution >= 0.6 is 28.3 Å². The molecule has 23 heavy (non-hydrogen) atoms. The van der Waals surface area contributed by atoms with Gasteiger partial charge < -0.3 is 5.32 Å². The molecule has 9 heteroatoms. The summed E-state index contributed by atoms with van der Waals surface area (Å²) in [5, 5.41) is 3.20. The lowest BCUT2D eigenvalue weighted by Crippen LogP contribution is -2.25. The molecular formula is C14H14BrClFN3O2S. The van der Waals surface area contributed by atoms with Crippen LogP contribution in [0.4, 0.5) is 10.1 Å². The number of anilines is 1. The summed E-state index contributed by atoms with van der Waals surface area (Å²) in [7, 11) is -3.89. The fraction of sp³-hybridized carbons (Fsp3) is 0.214. The smallest absolute Gasteiger partial charge is 0.263 e. The Bertz CT molecular complexity index is 833. The van der Waals surface area contributed by atoms with Crippen molar-refractivity contribution in [3.63, 3.8) is 0 Å². The average molecular weight is 423 g/mol. The summed E-state index contributed by atoms with van der Waals surface area (Å²) in [5.74, 6) is -0.614. The third-order valence-corrected chi connectivity index (χ3v) is 5.72. The van der Waals surface area contributed by atoms with Crippen LogP contribution in [0, 0.1) is 5.82 Å². The van der Waals surface area contributed by atoms with Gasteiger partial charge in [-0.05, 0) is 45.8 Å². The number of nitrogens with zero attached hydrogens (tertiary/aromatic N) is 1. The first-order valence-corrected chi connectivity index (χ1v) is 8.90. The zero-order valence-electron chi connectivity index (χ0n) is 11.8. The second kappa shape index (κ2) is 7.12. The molecule has 0 unspecified atom stereocenters. The zero-order valence-corrected chi connectivity index (χ0v) is 15.1. The molecule has 1 aliphatic rings. The summed E-state index contributed by atoms with van der Waals surface area (Å²) < 4.78 is 40.8. The van der Waals surface area contributed by atoms with E-state index in [0.29, 0.717) is 16.7 Å². The predicted octanol–water partition coefficient (Wildman–Crippen LogP) is 2.85. The van der Waals surface area contributed by atoms with Crippen molar-refractivity contribution >= 4 is 44.0 Å². The van der Waals surface area contributed by atoms with Gasteiger partial charge in [0.05, 0.1) is 11.9 Å². The SMILES string of the molecule is Cl.O=S(=O)(Nc1cnc2c(c1)CNCC2)c1cc(F)ccc1Br. The Balaban J connectivity index is 0.00000192. The highest BCUT2D eigenvalue weighted by Crippen LogP contribution is 2.25. The third-order valence-electron chi connectivity index (χ3n) is 3.35. The van der Waals surface area contributed by atoms with E-state index >= 15 is 0 Å². The van der Waals surface area contributed by atoms with Gasteiger partial charge in [-0.1, -0.05) is 0 Å². The molecule has 0 spiro atoms. The Hall–Kier alpha value is -1.22. The Morgan fingerprint density at radius 1 is 1.30 bits per heavy atom. The third kappa shape index (κ3) is 4.00. The van der Waals surface area contributed by atoms with Gasteiger partial charge >= 0.3 is 0 Å². The van der Waals surface area contributed by atoms with Crippen LogP contribution in [-0.2, 0) is 23.0 Å². The molecule has 1 aliphatic heterocycles. The van der Waals surface area contributed by atoms with Gasteiger partial charge in [-0.15, -0.1) is 12.4 Å². The summed E-state index contributed by atoms with van der Waals surface area (Å²) in [5.41, 5.74) is 2.29. The molecule has 124 valence electrons. The van der Waals surface area contributed by atoms with Crippen LogP contribution in [0.2, 0.25) is 0 Å². The number of halogens is 3. The standard InChI is InChI=1S/C14H13BrFN3O2S.ClH/c15-12-2-1-10(16)6-14(12)22(20,21)19-11-5-9-7-17-4-3-13(9)18-8-11;/h1-2,5-6,8,17,19H,3-4,7H2;1H. The van der Waals surface area contributed by atoms with Gasteiger partial charge in [0.2, 0.25) is 0 Å². The van der Waals surface area contributed by atoms with Crippen molar-refractivity contribution in [2.75, 3.05) is 11.3 Å². The molecule has 0 amide bonds. The van der Waals surface area contributed by atoms with Gasteiger partial charge in [0.15, 0.2) is 0 Å². The topological polar surface area (TPSA) is 71.1 Å². The van der Waals surface area contributed by atoms with E-state index in [9.17, 15) is 12.8 Å². The molecule has 0 aliphatic carbocycles. The number of rotatable bonds is 3. The van der Waals surface area contributed by atoms with Crippen LogP contribution in [0.5, 0.6) is 0 Å². The van der Waals surface area contributed by atoms with Gasteiger partial charge in [-0.3, -0.25) is 9.71 Å². The molecule has 1 aromatic heterocycles. The van der Waals surface area contributed by atoms with E-state index in [1.54, 1.807) is 6.07 Å². The summed E-state index contributed by atoms with van der Waals surface area (Å²) >= 11 is 3.13. The molecule has 0 saturated heterocycles. The molecule has 3 rings (SSSR count). The van der Waals surface area contributed by atoms with E-state index in [-0.39, 0.29) is 17.3 Å². The van der Waals surface area contributed by atoms with E-state index in [0.717, 1.165) is 30.3 Å². The highest BCUT2D eigenvalue weighted by molar-refractivity contribution is 9.10. The van der Waals surface area contributed by atoms with E-state index < -0.39 is 15.8 Å². The second-order valence-corrected chi connectivity index (χ2v) is 7.44. The molecule has 1 aromatic carbocycles. The molecule has 0 bridgehead atoms. The number of pyridine rings is 1. The van der Waals surface area contributed by atoms with Crippen LogP contribution in [-0.4, -0.2) is 19.9 Å². The monoisotopic (exact) mass is 421 g/mol. The minimum Gasteiger partial charge on any atom is -0.312 e. The van der Waals surface area contributed by atoms with Crippen molar-refractivity contribution in [3.8, 4) is 0 Å². The molecule has 0 radical (unpaired) electrons. The summed E-state index contributed by atoms with van der Waals surface area (Å²) in [6.45, 7) is 1.52. The first-order valence-electron chi connectivity index (χ1n) is 6.62. The van der Waals surface area contributed by atoms with Crippen molar-refractivity contribution in [2.24, 2.45) is 0 Å². The Kier molecular flexibility index (Phi) is 5.61. The van der Waals surface area contributed by atoms with Gasteiger partial charge in [-0.2, -0.15) is 0 Å². The van der Waals surface area contributed by atoms with Crippen molar-refractivity contribution in [1.29, 1.82) is 0 Å². The largest absolute Gasteiger partial charge is 0.312 e. The van der Waals surface area contributed by atoms with Crippen LogP contribution < -0.4 is 10.0 Å². The minimum atomic E-state index is -3.89. The molecule has 0 saturated carbocycles. The number of fused-ring (bicyclic) bond motifs is 1. The van der Waals surface area contributed by atoms with Gasteiger partial charge in [-0.25, -0.2) is 12.8 Å². The van der Waals surface area contributed by atoms with Crippen molar-refractivity contribution in [3.05, 3.63) is 52.0 Å².